The van der Waals surface area contributed by atoms with Crippen LogP contribution in [0.15, 0.2) is 437 Å². The highest BCUT2D eigenvalue weighted by Gasteiger charge is 2.44. The van der Waals surface area contributed by atoms with E-state index in [4.69, 9.17) is 0 Å². The number of hydrogen-bond donors (Lipinski definition) is 0. The van der Waals surface area contributed by atoms with Gasteiger partial charge in [0.2, 0.25) is 0 Å². The second-order valence-electron chi connectivity index (χ2n) is 39.0. The van der Waals surface area contributed by atoms with Crippen molar-refractivity contribution in [1.82, 2.24) is 27.1 Å². The third kappa shape index (κ3) is 10.4. The summed E-state index contributed by atoms with van der Waals surface area (Å²) in [6.45, 7) is 7.05. The zero-order valence-corrected chi connectivity index (χ0v) is 76.0. The van der Waals surface area contributed by atoms with Gasteiger partial charge in [0.1, 0.15) is 0 Å². The Labute approximate surface area is 797 Å². The molecule has 0 spiro atoms. The van der Waals surface area contributed by atoms with E-state index in [0.29, 0.717) is 0 Å². The van der Waals surface area contributed by atoms with Crippen molar-refractivity contribution in [3.8, 4) is 117 Å². The lowest BCUT2D eigenvalue weighted by Gasteiger charge is -2.32. The van der Waals surface area contributed by atoms with E-state index >= 15 is 0 Å². The molecule has 0 aliphatic carbocycles. The smallest absolute Gasteiger partial charge is 0.329 e. The fraction of sp³-hybridized carbons (Fsp3) is 0.0233. The molecule has 138 heavy (non-hydrogen) atoms. The van der Waals surface area contributed by atoms with Crippen LogP contribution in [0.25, 0.3) is 248 Å². The van der Waals surface area contributed by atoms with Gasteiger partial charge in [-0.2, -0.15) is 0 Å². The topological polar surface area (TPSA) is 29.6 Å². The number of fused-ring (bicyclic) bond motifs is 30. The van der Waals surface area contributed by atoms with Gasteiger partial charge in [-0.3, -0.25) is 0 Å². The molecule has 9 heteroatoms. The molecular weight excluding hydrogens is 1670 g/mol. The van der Waals surface area contributed by atoms with E-state index < -0.39 is 0 Å². The molecule has 27 aromatic rings. The van der Waals surface area contributed by atoms with Crippen molar-refractivity contribution < 1.29 is 0 Å². The summed E-state index contributed by atoms with van der Waals surface area (Å²) in [7, 11) is 0. The van der Waals surface area contributed by atoms with Crippen molar-refractivity contribution in [2.45, 2.75) is 20.8 Å². The summed E-state index contributed by atoms with van der Waals surface area (Å²) in [5.41, 5.74) is 54.5. The molecule has 0 saturated carbocycles. The lowest BCUT2D eigenvalue weighted by molar-refractivity contribution is 1.18. The minimum absolute atomic E-state index is 0.145. The molecule has 0 unspecified atom stereocenters. The highest BCUT2D eigenvalue weighted by atomic mass is 15.0. The van der Waals surface area contributed by atoms with Gasteiger partial charge in [-0.15, -0.1) is 0 Å². The first-order valence-electron chi connectivity index (χ1n) is 48.4. The number of benzene rings is 21. The van der Waals surface area contributed by atoms with Crippen LogP contribution < -0.4 is 32.8 Å². The van der Waals surface area contributed by atoms with Crippen molar-refractivity contribution in [3.05, 3.63) is 453 Å². The highest BCUT2D eigenvalue weighted by Crippen LogP contribution is 2.53. The van der Waals surface area contributed by atoms with Gasteiger partial charge in [-0.1, -0.05) is 344 Å². The van der Waals surface area contributed by atoms with E-state index in [-0.39, 0.29) is 20.5 Å². The van der Waals surface area contributed by atoms with Crippen LogP contribution in [0, 0.1) is 20.8 Å². The number of rotatable bonds is 6. The van der Waals surface area contributed by atoms with Gasteiger partial charge in [0.25, 0.3) is 0 Å². The molecule has 0 atom stereocenters. The van der Waals surface area contributed by atoms with Gasteiger partial charge >= 0.3 is 20.5 Å². The van der Waals surface area contributed by atoms with Gasteiger partial charge in [0.05, 0.1) is 33.1 Å². The van der Waals surface area contributed by atoms with Gasteiger partial charge in [-0.25, -0.2) is 0 Å². The zero-order chi connectivity index (χ0) is 90.3. The van der Waals surface area contributed by atoms with Crippen molar-refractivity contribution in [1.29, 1.82) is 0 Å². The van der Waals surface area contributed by atoms with Crippen LogP contribution in [0.3, 0.4) is 0 Å². The maximum Gasteiger partial charge on any atom is 0.329 e. The van der Waals surface area contributed by atoms with E-state index in [1.54, 1.807) is 0 Å². The Morgan fingerprint density at radius 1 is 0.145 bits per heavy atom. The van der Waals surface area contributed by atoms with Crippen LogP contribution in [-0.2, 0) is 0 Å². The molecule has 12 heterocycles. The zero-order valence-electron chi connectivity index (χ0n) is 76.0. The summed E-state index contributed by atoms with van der Waals surface area (Å²) < 4.78 is 15.4. The van der Waals surface area contributed by atoms with E-state index in [0.717, 1.165) is 0 Å². The van der Waals surface area contributed by atoms with Crippen molar-refractivity contribution in [2.24, 2.45) is 0 Å². The fourth-order valence-electron chi connectivity index (χ4n) is 26.0. The minimum atomic E-state index is 0.145. The molecule has 0 saturated heterocycles. The molecule has 0 fully saturated rings. The third-order valence-corrected chi connectivity index (χ3v) is 31.6. The highest BCUT2D eigenvalue weighted by molar-refractivity contribution is 6.90. The Hall–Kier alpha value is -17.4. The summed E-state index contributed by atoms with van der Waals surface area (Å²) in [6, 6.07) is 163. The van der Waals surface area contributed by atoms with Crippen molar-refractivity contribution in [2.75, 3.05) is 0 Å². The predicted molar refractivity (Wildman–Crippen MR) is 586 cm³/mol. The molecule has 0 radical (unpaired) electrons. The molecule has 0 N–H and O–H groups in total. The molecule has 33 rings (SSSR count). The Morgan fingerprint density at radius 2 is 0.362 bits per heavy atom. The van der Waals surface area contributed by atoms with Crippen LogP contribution in [0.2, 0.25) is 0 Å². The van der Waals surface area contributed by atoms with E-state index in [9.17, 15) is 0 Å². The molecule has 6 nitrogen and oxygen atoms in total. The summed E-state index contributed by atoms with van der Waals surface area (Å²) in [5, 5.41) is 15.7. The standard InChI is InChI=1S/C48H29BN2.C43H27BN2.C38H25BN2/c1-3-12-30(13-4-1)32-22-24-45-39(26-32)40-27-33(31-14-5-2-6-15-31)23-25-46(40)50(45)34-28-41-36-17-8-10-21-44(36)49-43-20-9-7-16-35(43)37-18-11-19-38-42(29-34)48(41)51(49)47(37)38;1-26-18-20-40-34(22-26)35-23-28(27-10-3-2-4-11-27)19-21-41(35)45(40)29-24-36-31-13-6-8-17-39(31)44-38-16-7-5-12-30(38)32-14-9-15-33-37(25-29)43(36)46(44)42(32)33;1-22-14-16-35-29(18-22)30-19-23(2)15-17-36(30)40(35)24-20-31-26-9-4-6-13-34(26)39-33-12-5-3-8-25(33)27-10-7-11-28-32(21-24)38(31)41(39)37(27)28/h1-29H;2-25H,1H3;3-21H,1-2H3. The molecule has 21 aromatic carbocycles. The number of hydrogen-bond acceptors (Lipinski definition) is 0. The van der Waals surface area contributed by atoms with Gasteiger partial charge in [-0.05, 0) is 230 Å². The van der Waals surface area contributed by atoms with Crippen LogP contribution in [0.1, 0.15) is 16.7 Å². The summed E-state index contributed by atoms with van der Waals surface area (Å²) >= 11 is 0. The summed E-state index contributed by atoms with van der Waals surface area (Å²) in [4.78, 5) is 0. The largest absolute Gasteiger partial charge is 0.375 e. The van der Waals surface area contributed by atoms with Gasteiger partial charge < -0.3 is 27.1 Å². The first-order chi connectivity index (χ1) is 68.2. The molecule has 6 aliphatic heterocycles. The lowest BCUT2D eigenvalue weighted by Crippen LogP contribution is -2.53. The Bertz CT molecular complexity index is 9960. The second-order valence-corrected chi connectivity index (χ2v) is 39.0. The minimum Gasteiger partial charge on any atom is -0.375 e. The average molecular weight is 1750 g/mol. The van der Waals surface area contributed by atoms with Gasteiger partial charge in [0, 0.05) is 148 Å². The first kappa shape index (κ1) is 76.1. The number of aryl methyl sites for hydroxylation is 3. The van der Waals surface area contributed by atoms with E-state index in [2.05, 4.69) is 485 Å². The Kier molecular flexibility index (Phi) is 15.6. The summed E-state index contributed by atoms with van der Waals surface area (Å²) in [5.74, 6) is 0. The summed E-state index contributed by atoms with van der Waals surface area (Å²) in [6.07, 6.45) is 0. The first-order valence-corrected chi connectivity index (χ1v) is 48.4. The molecule has 6 aliphatic rings. The normalized spacial score (nSPS) is 12.8. The van der Waals surface area contributed by atoms with E-state index in [1.807, 2.05) is 0 Å². The molecular formula is C129H81B3N6. The van der Waals surface area contributed by atoms with E-state index in [1.165, 1.54) is 298 Å². The number of para-hydroxylation sites is 3. The molecule has 0 bridgehead atoms. The number of aromatic nitrogens is 6. The van der Waals surface area contributed by atoms with Gasteiger partial charge in [0.15, 0.2) is 0 Å². The predicted octanol–water partition coefficient (Wildman–Crippen LogP) is 28.4. The quantitative estimate of drug-likeness (QED) is 0.149. The lowest BCUT2D eigenvalue weighted by atomic mass is 9.45. The SMILES string of the molecule is Cc1ccc2c(c1)c1cc(-c3ccccc3)ccc1n2-c1cc2c3c(c1)c1cccc4c1n3B(c1ccccc1-4)c1ccccc1-2.Cc1ccc2c(c1)c1cc(C)ccc1n2-c1cc2c3c(c1)c1cccc4c1n3B(c1ccccc1-4)c1ccccc1-2.c1ccc(-c2ccc3c(c2)c2cc(-c4ccccc4)ccc2n3-c2cc3c4c(c2)c2cccc5c2n4B(c2ccccc2-5)c2ccccc2-3)cc1. The number of nitrogens with zero attached hydrogens (tertiary/aromatic N) is 6. The molecule has 0 amide bonds. The second kappa shape index (κ2) is 28.4. The van der Waals surface area contributed by atoms with Crippen LogP contribution >= 0.6 is 0 Å². The maximum absolute atomic E-state index is 2.65. The maximum atomic E-state index is 2.65. The molecule has 636 valence electrons. The Balaban J connectivity index is 0.0000000964. The molecule has 6 aromatic heterocycles. The Morgan fingerprint density at radius 3 is 0.630 bits per heavy atom. The fourth-order valence-corrected chi connectivity index (χ4v) is 26.0. The van der Waals surface area contributed by atoms with Crippen molar-refractivity contribution in [3.63, 3.8) is 0 Å². The van der Waals surface area contributed by atoms with Crippen molar-refractivity contribution >= 4 is 184 Å². The van der Waals surface area contributed by atoms with Crippen LogP contribution in [0.5, 0.6) is 0 Å². The van der Waals surface area contributed by atoms with Crippen LogP contribution in [0.4, 0.5) is 0 Å². The van der Waals surface area contributed by atoms with Crippen LogP contribution in [-0.4, -0.2) is 47.7 Å². The third-order valence-electron chi connectivity index (χ3n) is 31.6. The monoisotopic (exact) mass is 1750 g/mol. The average Bonchev–Trinajstić information content (AvgIpc) is 1.52.